The highest BCUT2D eigenvalue weighted by atomic mass is 19.1. The zero-order valence-corrected chi connectivity index (χ0v) is 17.4. The Labute approximate surface area is 185 Å². The van der Waals surface area contributed by atoms with Crippen LogP contribution in [-0.2, 0) is 11.2 Å². The van der Waals surface area contributed by atoms with Crippen LogP contribution in [0.3, 0.4) is 0 Å². The van der Waals surface area contributed by atoms with E-state index in [4.69, 9.17) is 9.15 Å². The van der Waals surface area contributed by atoms with Gasteiger partial charge in [0.15, 0.2) is 12.4 Å². The molecule has 1 aliphatic heterocycles. The van der Waals surface area contributed by atoms with Crippen LogP contribution >= 0.6 is 0 Å². The summed E-state index contributed by atoms with van der Waals surface area (Å²) in [6.07, 6.45) is 3.70. The molecule has 7 heteroatoms. The van der Waals surface area contributed by atoms with Crippen LogP contribution in [0, 0.1) is 5.82 Å². The normalized spacial score (nSPS) is 15.0. The molecule has 0 saturated heterocycles. The zero-order valence-electron chi connectivity index (χ0n) is 17.4. The molecule has 6 nitrogen and oxygen atoms in total. The lowest BCUT2D eigenvalue weighted by Crippen LogP contribution is -2.40. The predicted molar refractivity (Wildman–Crippen MR) is 117 cm³/mol. The SMILES string of the molecule is C=CCNC(=O)COc1ccc2c(c1)C(c1ccc(F)cc1)N(C(=O)c1ccco1)CC2. The molecule has 0 saturated carbocycles. The average Bonchev–Trinajstić information content (AvgIpc) is 3.36. The third-order valence-electron chi connectivity index (χ3n) is 5.34. The number of carbonyl (C=O) groups excluding carboxylic acids is 2. The van der Waals surface area contributed by atoms with E-state index in [0.717, 1.165) is 16.7 Å². The summed E-state index contributed by atoms with van der Waals surface area (Å²) in [7, 11) is 0. The Bertz CT molecular complexity index is 1110. The van der Waals surface area contributed by atoms with Crippen LogP contribution in [0.1, 0.15) is 33.3 Å². The van der Waals surface area contributed by atoms with Gasteiger partial charge in [-0.2, -0.15) is 0 Å². The Balaban J connectivity index is 1.67. The molecule has 0 bridgehead atoms. The highest BCUT2D eigenvalue weighted by molar-refractivity contribution is 5.92. The number of nitrogens with zero attached hydrogens (tertiary/aromatic N) is 1. The van der Waals surface area contributed by atoms with Gasteiger partial charge in [0, 0.05) is 13.1 Å². The van der Waals surface area contributed by atoms with Crippen molar-refractivity contribution < 1.29 is 23.1 Å². The Morgan fingerprint density at radius 1 is 1.22 bits per heavy atom. The molecule has 2 aromatic carbocycles. The smallest absolute Gasteiger partial charge is 0.290 e. The summed E-state index contributed by atoms with van der Waals surface area (Å²) >= 11 is 0. The van der Waals surface area contributed by atoms with Crippen LogP contribution in [0.4, 0.5) is 4.39 Å². The van der Waals surface area contributed by atoms with Gasteiger partial charge in [0.1, 0.15) is 11.6 Å². The number of benzene rings is 2. The molecule has 164 valence electrons. The van der Waals surface area contributed by atoms with Crippen LogP contribution in [0.25, 0.3) is 0 Å². The monoisotopic (exact) mass is 434 g/mol. The third kappa shape index (κ3) is 4.56. The van der Waals surface area contributed by atoms with E-state index in [1.165, 1.54) is 18.4 Å². The van der Waals surface area contributed by atoms with Gasteiger partial charge in [0.25, 0.3) is 11.8 Å². The fourth-order valence-corrected chi connectivity index (χ4v) is 3.83. The summed E-state index contributed by atoms with van der Waals surface area (Å²) < 4.78 is 24.6. The minimum Gasteiger partial charge on any atom is -0.484 e. The van der Waals surface area contributed by atoms with Crippen molar-refractivity contribution in [1.29, 1.82) is 0 Å². The van der Waals surface area contributed by atoms with Crippen molar-refractivity contribution in [2.45, 2.75) is 12.5 Å². The summed E-state index contributed by atoms with van der Waals surface area (Å²) in [5, 5.41) is 2.66. The van der Waals surface area contributed by atoms with Gasteiger partial charge in [-0.3, -0.25) is 9.59 Å². The molecule has 0 fully saturated rings. The number of furan rings is 1. The highest BCUT2D eigenvalue weighted by Gasteiger charge is 2.34. The molecule has 0 aliphatic carbocycles. The van der Waals surface area contributed by atoms with Crippen LogP contribution in [0.2, 0.25) is 0 Å². The average molecular weight is 434 g/mol. The lowest BCUT2D eigenvalue weighted by atomic mass is 9.87. The van der Waals surface area contributed by atoms with Crippen LogP contribution in [0.15, 0.2) is 77.9 Å². The van der Waals surface area contributed by atoms with Crippen molar-refractivity contribution in [3.63, 3.8) is 0 Å². The van der Waals surface area contributed by atoms with Crippen molar-refractivity contribution in [1.82, 2.24) is 10.2 Å². The maximum atomic E-state index is 13.6. The van der Waals surface area contributed by atoms with Gasteiger partial charge in [0.05, 0.1) is 12.3 Å². The first kappa shape index (κ1) is 21.4. The summed E-state index contributed by atoms with van der Waals surface area (Å²) in [5.41, 5.74) is 2.70. The lowest BCUT2D eigenvalue weighted by Gasteiger charge is -2.37. The maximum absolute atomic E-state index is 13.6. The topological polar surface area (TPSA) is 71.8 Å². The number of hydrogen-bond donors (Lipinski definition) is 1. The van der Waals surface area contributed by atoms with Gasteiger partial charge in [-0.15, -0.1) is 6.58 Å². The summed E-state index contributed by atoms with van der Waals surface area (Å²) in [6, 6.07) is 14.5. The minimum absolute atomic E-state index is 0.136. The number of amides is 2. The van der Waals surface area contributed by atoms with E-state index >= 15 is 0 Å². The highest BCUT2D eigenvalue weighted by Crippen LogP contribution is 2.38. The molecule has 1 aliphatic rings. The molecular weight excluding hydrogens is 411 g/mol. The van der Waals surface area contributed by atoms with E-state index in [-0.39, 0.29) is 30.0 Å². The van der Waals surface area contributed by atoms with E-state index in [0.29, 0.717) is 25.3 Å². The second kappa shape index (κ2) is 9.51. The van der Waals surface area contributed by atoms with Crippen molar-refractivity contribution >= 4 is 11.8 Å². The number of carbonyl (C=O) groups is 2. The largest absolute Gasteiger partial charge is 0.484 e. The number of rotatable bonds is 7. The number of hydrogen-bond acceptors (Lipinski definition) is 4. The van der Waals surface area contributed by atoms with E-state index in [1.54, 1.807) is 35.2 Å². The Kier molecular flexibility index (Phi) is 6.35. The van der Waals surface area contributed by atoms with Gasteiger partial charge in [-0.25, -0.2) is 4.39 Å². The summed E-state index contributed by atoms with van der Waals surface area (Å²) in [4.78, 5) is 26.8. The van der Waals surface area contributed by atoms with Crippen molar-refractivity contribution in [3.05, 3.63) is 102 Å². The first-order valence-electron chi connectivity index (χ1n) is 10.3. The van der Waals surface area contributed by atoms with E-state index < -0.39 is 6.04 Å². The summed E-state index contributed by atoms with van der Waals surface area (Å²) in [6.45, 7) is 4.28. The van der Waals surface area contributed by atoms with Crippen molar-refractivity contribution in [3.8, 4) is 5.75 Å². The van der Waals surface area contributed by atoms with Gasteiger partial charge in [-0.05, 0) is 59.5 Å². The molecule has 4 rings (SSSR count). The van der Waals surface area contributed by atoms with E-state index in [9.17, 15) is 14.0 Å². The van der Waals surface area contributed by atoms with Gasteiger partial charge >= 0.3 is 0 Å². The fraction of sp³-hybridized carbons (Fsp3) is 0.200. The Morgan fingerprint density at radius 2 is 2.03 bits per heavy atom. The molecule has 1 aromatic heterocycles. The van der Waals surface area contributed by atoms with E-state index in [2.05, 4.69) is 11.9 Å². The van der Waals surface area contributed by atoms with Crippen molar-refractivity contribution in [2.75, 3.05) is 19.7 Å². The van der Waals surface area contributed by atoms with Crippen molar-refractivity contribution in [2.24, 2.45) is 0 Å². The first-order chi connectivity index (χ1) is 15.6. The first-order valence-corrected chi connectivity index (χ1v) is 10.3. The van der Waals surface area contributed by atoms with Gasteiger partial charge in [-0.1, -0.05) is 24.3 Å². The molecule has 1 N–H and O–H groups in total. The van der Waals surface area contributed by atoms with E-state index in [1.807, 2.05) is 18.2 Å². The zero-order chi connectivity index (χ0) is 22.5. The minimum atomic E-state index is -0.449. The quantitative estimate of drug-likeness (QED) is 0.573. The van der Waals surface area contributed by atoms with Crippen LogP contribution in [-0.4, -0.2) is 36.4 Å². The summed E-state index contributed by atoms with van der Waals surface area (Å²) in [5.74, 6) is -0.0995. The predicted octanol–water partition coefficient (Wildman–Crippen LogP) is 3.89. The number of nitrogens with one attached hydrogen (secondary N) is 1. The van der Waals surface area contributed by atoms with Gasteiger partial charge in [0.2, 0.25) is 0 Å². The molecule has 0 spiro atoms. The molecule has 32 heavy (non-hydrogen) atoms. The molecule has 3 aromatic rings. The number of ether oxygens (including phenoxy) is 1. The fourth-order valence-electron chi connectivity index (χ4n) is 3.83. The molecule has 2 amide bonds. The standard InChI is InChI=1S/C25H23FN2O4/c1-2-12-27-23(29)16-32-20-10-7-17-11-13-28(25(30)22-4-3-14-31-22)24(21(17)15-20)18-5-8-19(26)9-6-18/h2-10,14-15,24H,1,11-13,16H2,(H,27,29). The number of halogens is 1. The van der Waals surface area contributed by atoms with Crippen LogP contribution in [0.5, 0.6) is 5.75 Å². The molecule has 2 heterocycles. The third-order valence-corrected chi connectivity index (χ3v) is 5.34. The maximum Gasteiger partial charge on any atom is 0.290 e. The Morgan fingerprint density at radius 3 is 2.75 bits per heavy atom. The molecule has 1 atom stereocenters. The molecular formula is C25H23FN2O4. The van der Waals surface area contributed by atoms with Gasteiger partial charge < -0.3 is 19.4 Å². The molecule has 0 radical (unpaired) electrons. The molecule has 1 unspecified atom stereocenters. The second-order valence-electron chi connectivity index (χ2n) is 7.42. The lowest BCUT2D eigenvalue weighted by molar-refractivity contribution is -0.122. The Hall–Kier alpha value is -3.87. The van der Waals surface area contributed by atoms with Crippen LogP contribution < -0.4 is 10.1 Å². The number of fused-ring (bicyclic) bond motifs is 1. The second-order valence-corrected chi connectivity index (χ2v) is 7.42.